The SMILES string of the molecule is CCCNC(=O)C(Cc1ccccc1)N(Cc1ccc(Cl)cc1Cl)C(=O)CN(c1ccccc1C)S(=O)(=O)c1ccc(Cl)cc1. The van der Waals surface area contributed by atoms with Crippen LogP contribution in [0.2, 0.25) is 15.1 Å². The summed E-state index contributed by atoms with van der Waals surface area (Å²) in [6, 6.07) is 25.9. The van der Waals surface area contributed by atoms with E-state index in [1.165, 1.54) is 29.2 Å². The minimum Gasteiger partial charge on any atom is -0.354 e. The molecule has 0 heterocycles. The van der Waals surface area contributed by atoms with E-state index in [0.29, 0.717) is 44.8 Å². The van der Waals surface area contributed by atoms with E-state index in [1.54, 1.807) is 49.4 Å². The number of rotatable bonds is 13. The summed E-state index contributed by atoms with van der Waals surface area (Å²) >= 11 is 18.8. The number of hydrogen-bond acceptors (Lipinski definition) is 4. The smallest absolute Gasteiger partial charge is 0.264 e. The fourth-order valence-corrected chi connectivity index (χ4v) is 6.92. The molecule has 4 aromatic carbocycles. The third-order valence-electron chi connectivity index (χ3n) is 7.24. The number of halogens is 3. The highest BCUT2D eigenvalue weighted by Crippen LogP contribution is 2.29. The quantitative estimate of drug-likeness (QED) is 0.160. The second-order valence-electron chi connectivity index (χ2n) is 10.5. The zero-order valence-electron chi connectivity index (χ0n) is 24.9. The standard InChI is InChI=1S/C34H34Cl3N3O4S/c1-3-19-38-34(42)32(20-25-10-5-4-6-11-25)39(22-26-13-14-28(36)21-30(26)37)33(41)23-40(31-12-8-7-9-24(31)2)45(43,44)29-17-15-27(35)16-18-29/h4-18,21,32H,3,19-20,22-23H2,1-2H3,(H,38,42). The van der Waals surface area contributed by atoms with Gasteiger partial charge in [-0.3, -0.25) is 13.9 Å². The Morgan fingerprint density at radius 2 is 1.49 bits per heavy atom. The summed E-state index contributed by atoms with van der Waals surface area (Å²) in [6.45, 7) is 3.48. The fraction of sp³-hybridized carbons (Fsp3) is 0.235. The van der Waals surface area contributed by atoms with Crippen molar-refractivity contribution in [1.82, 2.24) is 10.2 Å². The predicted molar refractivity (Wildman–Crippen MR) is 181 cm³/mol. The maximum absolute atomic E-state index is 14.5. The zero-order chi connectivity index (χ0) is 32.6. The van der Waals surface area contributed by atoms with Gasteiger partial charge in [0.2, 0.25) is 11.8 Å². The molecule has 1 atom stereocenters. The molecule has 0 saturated carbocycles. The van der Waals surface area contributed by atoms with Gasteiger partial charge >= 0.3 is 0 Å². The molecule has 0 aliphatic rings. The minimum absolute atomic E-state index is 0.0308. The van der Waals surface area contributed by atoms with Crippen molar-refractivity contribution in [3.05, 3.63) is 129 Å². The van der Waals surface area contributed by atoms with Crippen LogP contribution in [-0.2, 0) is 32.6 Å². The third-order valence-corrected chi connectivity index (χ3v) is 9.85. The van der Waals surface area contributed by atoms with E-state index in [2.05, 4.69) is 5.32 Å². The van der Waals surface area contributed by atoms with Crippen LogP contribution in [0.15, 0.2) is 102 Å². The van der Waals surface area contributed by atoms with Crippen LogP contribution in [0.25, 0.3) is 0 Å². The average molecular weight is 687 g/mol. The topological polar surface area (TPSA) is 86.8 Å². The van der Waals surface area contributed by atoms with Crippen LogP contribution in [0.1, 0.15) is 30.0 Å². The molecule has 1 N–H and O–H groups in total. The molecule has 0 spiro atoms. The molecule has 0 radical (unpaired) electrons. The van der Waals surface area contributed by atoms with Crippen molar-refractivity contribution in [3.63, 3.8) is 0 Å². The first-order valence-corrected chi connectivity index (χ1v) is 17.0. The number of carbonyl (C=O) groups is 2. The van der Waals surface area contributed by atoms with E-state index >= 15 is 0 Å². The molecule has 2 amide bonds. The second-order valence-corrected chi connectivity index (χ2v) is 13.6. The Labute approximate surface area is 279 Å². The van der Waals surface area contributed by atoms with Gasteiger partial charge in [0.05, 0.1) is 10.6 Å². The van der Waals surface area contributed by atoms with Crippen LogP contribution in [0.5, 0.6) is 0 Å². The molecule has 1 unspecified atom stereocenters. The van der Waals surface area contributed by atoms with E-state index in [9.17, 15) is 18.0 Å². The van der Waals surface area contributed by atoms with Crippen molar-refractivity contribution in [3.8, 4) is 0 Å². The first kappa shape index (κ1) is 34.3. The Kier molecular flexibility index (Phi) is 11.9. The summed E-state index contributed by atoms with van der Waals surface area (Å²) in [5, 5.41) is 4.03. The summed E-state index contributed by atoms with van der Waals surface area (Å²) in [4.78, 5) is 29.6. The van der Waals surface area contributed by atoms with Crippen LogP contribution in [-0.4, -0.2) is 44.3 Å². The van der Waals surface area contributed by atoms with Crippen LogP contribution in [0.4, 0.5) is 5.69 Å². The van der Waals surface area contributed by atoms with Gasteiger partial charge in [-0.05, 0) is 72.5 Å². The van der Waals surface area contributed by atoms with E-state index in [-0.39, 0.29) is 23.8 Å². The largest absolute Gasteiger partial charge is 0.354 e. The van der Waals surface area contributed by atoms with Crippen LogP contribution < -0.4 is 9.62 Å². The number of hydrogen-bond donors (Lipinski definition) is 1. The highest BCUT2D eigenvalue weighted by atomic mass is 35.5. The summed E-state index contributed by atoms with van der Waals surface area (Å²) in [5.41, 5.74) is 2.37. The lowest BCUT2D eigenvalue weighted by atomic mass is 10.0. The van der Waals surface area contributed by atoms with Crippen molar-refractivity contribution in [2.24, 2.45) is 0 Å². The van der Waals surface area contributed by atoms with E-state index in [4.69, 9.17) is 34.8 Å². The minimum atomic E-state index is -4.24. The van der Waals surface area contributed by atoms with Crippen LogP contribution >= 0.6 is 34.8 Å². The van der Waals surface area contributed by atoms with Gasteiger partial charge < -0.3 is 10.2 Å². The summed E-state index contributed by atoms with van der Waals surface area (Å²) in [5.74, 6) is -0.948. The number of sulfonamides is 1. The Morgan fingerprint density at radius 3 is 2.13 bits per heavy atom. The molecule has 11 heteroatoms. The number of carbonyl (C=O) groups excluding carboxylic acids is 2. The number of para-hydroxylation sites is 1. The number of benzene rings is 4. The summed E-state index contributed by atoms with van der Waals surface area (Å²) in [6.07, 6.45) is 0.892. The molecule has 0 saturated heterocycles. The average Bonchev–Trinajstić information content (AvgIpc) is 3.02. The van der Waals surface area contributed by atoms with Gasteiger partial charge in [-0.15, -0.1) is 0 Å². The van der Waals surface area contributed by atoms with Gasteiger partial charge in [-0.1, -0.05) is 96.3 Å². The van der Waals surface area contributed by atoms with Crippen molar-refractivity contribution in [1.29, 1.82) is 0 Å². The summed E-state index contributed by atoms with van der Waals surface area (Å²) < 4.78 is 29.4. The van der Waals surface area contributed by atoms with Gasteiger partial charge in [0.1, 0.15) is 12.6 Å². The number of nitrogens with zero attached hydrogens (tertiary/aromatic N) is 2. The first-order chi connectivity index (χ1) is 21.5. The van der Waals surface area contributed by atoms with Crippen molar-refractivity contribution < 1.29 is 18.0 Å². The van der Waals surface area contributed by atoms with Crippen molar-refractivity contribution in [2.45, 2.75) is 44.2 Å². The van der Waals surface area contributed by atoms with E-state index in [1.807, 2.05) is 37.3 Å². The van der Waals surface area contributed by atoms with Crippen molar-refractivity contribution in [2.75, 3.05) is 17.4 Å². The Hall–Kier alpha value is -3.56. The molecule has 4 rings (SSSR count). The molecule has 7 nitrogen and oxygen atoms in total. The van der Waals surface area contributed by atoms with E-state index < -0.39 is 28.5 Å². The monoisotopic (exact) mass is 685 g/mol. The van der Waals surface area contributed by atoms with Gasteiger partial charge in [-0.25, -0.2) is 8.42 Å². The fourth-order valence-electron chi connectivity index (χ4n) is 4.84. The number of amides is 2. The second kappa shape index (κ2) is 15.6. The molecule has 0 aromatic heterocycles. The lowest BCUT2D eigenvalue weighted by Gasteiger charge is -2.34. The zero-order valence-corrected chi connectivity index (χ0v) is 28.0. The molecular formula is C34H34Cl3N3O4S. The van der Waals surface area contributed by atoms with Gasteiger partial charge in [-0.2, -0.15) is 0 Å². The first-order valence-electron chi connectivity index (χ1n) is 14.4. The number of nitrogens with one attached hydrogen (secondary N) is 1. The number of anilines is 1. The highest BCUT2D eigenvalue weighted by Gasteiger charge is 2.35. The predicted octanol–water partition coefficient (Wildman–Crippen LogP) is 7.32. The molecule has 45 heavy (non-hydrogen) atoms. The van der Waals surface area contributed by atoms with Gasteiger partial charge in [0, 0.05) is 34.6 Å². The van der Waals surface area contributed by atoms with Gasteiger partial charge in [0.25, 0.3) is 10.0 Å². The highest BCUT2D eigenvalue weighted by molar-refractivity contribution is 7.92. The molecule has 236 valence electrons. The normalized spacial score (nSPS) is 11.9. The maximum Gasteiger partial charge on any atom is 0.264 e. The van der Waals surface area contributed by atoms with Crippen LogP contribution in [0.3, 0.4) is 0 Å². The molecule has 0 bridgehead atoms. The van der Waals surface area contributed by atoms with Gasteiger partial charge in [0.15, 0.2) is 0 Å². The third kappa shape index (κ3) is 8.79. The van der Waals surface area contributed by atoms with Crippen LogP contribution in [0, 0.1) is 6.92 Å². The molecule has 4 aromatic rings. The molecule has 0 aliphatic heterocycles. The van der Waals surface area contributed by atoms with E-state index in [0.717, 1.165) is 9.87 Å². The maximum atomic E-state index is 14.5. The lowest BCUT2D eigenvalue weighted by molar-refractivity contribution is -0.140. The summed E-state index contributed by atoms with van der Waals surface area (Å²) in [7, 11) is -4.24. The number of aryl methyl sites for hydroxylation is 1. The lowest BCUT2D eigenvalue weighted by Crippen LogP contribution is -2.53. The molecular weight excluding hydrogens is 653 g/mol. The Bertz CT molecular complexity index is 1740. The molecule has 0 aliphatic carbocycles. The van der Waals surface area contributed by atoms with Crippen molar-refractivity contribution >= 4 is 62.3 Å². The Morgan fingerprint density at radius 1 is 0.844 bits per heavy atom. The Balaban J connectivity index is 1.82. The molecule has 0 fully saturated rings.